The van der Waals surface area contributed by atoms with Gasteiger partial charge in [0.05, 0.1) is 17.7 Å². The number of amides is 3. The van der Waals surface area contributed by atoms with E-state index in [4.69, 9.17) is 4.42 Å². The van der Waals surface area contributed by atoms with E-state index in [2.05, 4.69) is 5.32 Å². The molecule has 3 rings (SSSR count). The molecule has 1 N–H and O–H groups in total. The molecule has 8 heteroatoms. The molecule has 1 aliphatic rings. The number of nitrogens with zero attached hydrogens (tertiary/aromatic N) is 1. The fraction of sp³-hybridized carbons (Fsp3) is 0.250. The summed E-state index contributed by atoms with van der Waals surface area (Å²) in [5.74, 6) is -1.00. The Morgan fingerprint density at radius 2 is 1.92 bits per heavy atom. The monoisotopic (exact) mass is 346 g/mol. The van der Waals surface area contributed by atoms with Gasteiger partial charge in [0.25, 0.3) is 0 Å². The molecule has 24 heavy (non-hydrogen) atoms. The van der Waals surface area contributed by atoms with E-state index in [0.717, 1.165) is 9.78 Å². The molecule has 3 heterocycles. The summed E-state index contributed by atoms with van der Waals surface area (Å²) in [6.07, 6.45) is 1.76. The Bertz CT molecular complexity index is 777. The minimum atomic E-state index is -0.411. The Balaban J connectivity index is 1.54. The molecule has 0 spiro atoms. The van der Waals surface area contributed by atoms with Crippen molar-refractivity contribution in [3.63, 3.8) is 0 Å². The van der Waals surface area contributed by atoms with Crippen LogP contribution in [0, 0.1) is 0 Å². The summed E-state index contributed by atoms with van der Waals surface area (Å²) in [6, 6.07) is 6.65. The molecule has 0 unspecified atom stereocenters. The second kappa shape index (κ2) is 6.79. The first-order chi connectivity index (χ1) is 11.5. The lowest BCUT2D eigenvalue weighted by molar-refractivity contribution is -0.142. The molecule has 0 saturated carbocycles. The van der Waals surface area contributed by atoms with Gasteiger partial charge in [0.15, 0.2) is 5.76 Å². The van der Waals surface area contributed by atoms with E-state index >= 15 is 0 Å². The van der Waals surface area contributed by atoms with Crippen molar-refractivity contribution in [3.05, 3.63) is 46.0 Å². The highest BCUT2D eigenvalue weighted by Crippen LogP contribution is 2.20. The Morgan fingerprint density at radius 1 is 1.17 bits per heavy atom. The molecule has 0 aromatic carbocycles. The van der Waals surface area contributed by atoms with Gasteiger partial charge in [-0.1, -0.05) is 0 Å². The van der Waals surface area contributed by atoms with Crippen LogP contribution >= 0.6 is 11.3 Å². The van der Waals surface area contributed by atoms with Crippen molar-refractivity contribution in [2.45, 2.75) is 19.4 Å². The average molecular weight is 346 g/mol. The quantitative estimate of drug-likeness (QED) is 0.629. The maximum Gasteiger partial charge on any atom is 0.240 e. The molecule has 2 aromatic rings. The van der Waals surface area contributed by atoms with Gasteiger partial charge >= 0.3 is 0 Å². The van der Waals surface area contributed by atoms with Crippen molar-refractivity contribution < 1.29 is 23.6 Å². The Kier molecular flexibility index (Phi) is 4.57. The van der Waals surface area contributed by atoms with Crippen LogP contribution in [0.25, 0.3) is 0 Å². The van der Waals surface area contributed by atoms with Crippen molar-refractivity contribution >= 4 is 34.8 Å². The fourth-order valence-corrected chi connectivity index (χ4v) is 3.20. The van der Waals surface area contributed by atoms with Crippen LogP contribution in [-0.4, -0.2) is 34.9 Å². The summed E-state index contributed by atoms with van der Waals surface area (Å²) in [7, 11) is 0. The van der Waals surface area contributed by atoms with Gasteiger partial charge in [-0.15, -0.1) is 11.3 Å². The lowest BCUT2D eigenvalue weighted by atomic mass is 10.2. The van der Waals surface area contributed by atoms with E-state index in [9.17, 15) is 19.2 Å². The second-order valence-electron chi connectivity index (χ2n) is 5.22. The Hall–Kier alpha value is -2.74. The predicted octanol–water partition coefficient (Wildman–Crippen LogP) is 1.34. The van der Waals surface area contributed by atoms with Crippen molar-refractivity contribution in [2.24, 2.45) is 0 Å². The molecule has 2 aromatic heterocycles. The minimum absolute atomic E-state index is 0.162. The van der Waals surface area contributed by atoms with Gasteiger partial charge in [0.1, 0.15) is 6.54 Å². The number of imide groups is 1. The summed E-state index contributed by atoms with van der Waals surface area (Å²) in [5.41, 5.74) is 0. The summed E-state index contributed by atoms with van der Waals surface area (Å²) in [6.45, 7) is -0.0353. The number of thiophene rings is 1. The fourth-order valence-electron chi connectivity index (χ4n) is 2.31. The smallest absolute Gasteiger partial charge is 0.240 e. The molecule has 1 saturated heterocycles. The van der Waals surface area contributed by atoms with Gasteiger partial charge < -0.3 is 9.73 Å². The van der Waals surface area contributed by atoms with E-state index in [0.29, 0.717) is 4.88 Å². The van der Waals surface area contributed by atoms with Crippen LogP contribution in [0.3, 0.4) is 0 Å². The number of nitrogens with one attached hydrogen (secondary N) is 1. The molecule has 0 bridgehead atoms. The third kappa shape index (κ3) is 3.43. The molecule has 1 aliphatic heterocycles. The first-order valence-electron chi connectivity index (χ1n) is 7.31. The van der Waals surface area contributed by atoms with Gasteiger partial charge in [-0.05, 0) is 24.3 Å². The molecule has 7 nitrogen and oxygen atoms in total. The Morgan fingerprint density at radius 3 is 2.58 bits per heavy atom. The number of ketones is 1. The number of furan rings is 1. The third-order valence-electron chi connectivity index (χ3n) is 3.55. The molecule has 1 fully saturated rings. The number of hydrogen-bond donors (Lipinski definition) is 1. The van der Waals surface area contributed by atoms with Gasteiger partial charge in [0, 0.05) is 17.7 Å². The molecular weight excluding hydrogens is 332 g/mol. The van der Waals surface area contributed by atoms with E-state index < -0.39 is 5.91 Å². The summed E-state index contributed by atoms with van der Waals surface area (Å²) in [5, 5.41) is 2.64. The molecule has 0 atom stereocenters. The normalized spacial score (nSPS) is 14.2. The van der Waals surface area contributed by atoms with Crippen molar-refractivity contribution in [2.75, 3.05) is 6.54 Å². The van der Waals surface area contributed by atoms with E-state index in [1.165, 1.54) is 17.6 Å². The Labute approximate surface area is 141 Å². The summed E-state index contributed by atoms with van der Waals surface area (Å²) >= 11 is 1.25. The maximum absolute atomic E-state index is 12.1. The van der Waals surface area contributed by atoms with Gasteiger partial charge in [0.2, 0.25) is 23.5 Å². The van der Waals surface area contributed by atoms with Crippen LogP contribution in [0.15, 0.2) is 34.9 Å². The first-order valence-corrected chi connectivity index (χ1v) is 8.13. The zero-order valence-corrected chi connectivity index (χ0v) is 13.4. The zero-order valence-electron chi connectivity index (χ0n) is 12.6. The molecule has 0 radical (unpaired) electrons. The highest BCUT2D eigenvalue weighted by atomic mass is 32.1. The number of rotatable bonds is 6. The minimum Gasteiger partial charge on any atom is -0.461 e. The molecule has 0 aliphatic carbocycles. The van der Waals surface area contributed by atoms with E-state index in [1.807, 2.05) is 0 Å². The topological polar surface area (TPSA) is 96.7 Å². The lowest BCUT2D eigenvalue weighted by Crippen LogP contribution is -2.39. The van der Waals surface area contributed by atoms with Crippen LogP contribution in [0.5, 0.6) is 0 Å². The van der Waals surface area contributed by atoms with Crippen LogP contribution < -0.4 is 5.32 Å². The summed E-state index contributed by atoms with van der Waals surface area (Å²) in [4.78, 5) is 49.2. The van der Waals surface area contributed by atoms with Gasteiger partial charge in [-0.2, -0.15) is 0 Å². The molecular formula is C16H14N2O5S. The second-order valence-corrected chi connectivity index (χ2v) is 6.39. The van der Waals surface area contributed by atoms with Gasteiger partial charge in [-0.25, -0.2) is 0 Å². The van der Waals surface area contributed by atoms with Crippen molar-refractivity contribution in [1.82, 2.24) is 10.2 Å². The highest BCUT2D eigenvalue weighted by Gasteiger charge is 2.30. The van der Waals surface area contributed by atoms with Crippen molar-refractivity contribution in [3.8, 4) is 0 Å². The summed E-state index contributed by atoms with van der Waals surface area (Å²) < 4.78 is 5.07. The number of likely N-dealkylation sites (tertiary alicyclic amines) is 1. The van der Waals surface area contributed by atoms with E-state index in [-0.39, 0.29) is 49.3 Å². The highest BCUT2D eigenvalue weighted by molar-refractivity contribution is 7.14. The van der Waals surface area contributed by atoms with Crippen LogP contribution in [0.4, 0.5) is 0 Å². The van der Waals surface area contributed by atoms with Crippen LogP contribution in [-0.2, 0) is 20.9 Å². The number of hydrogen-bond acceptors (Lipinski definition) is 6. The molecule has 3 amide bonds. The third-order valence-corrected chi connectivity index (χ3v) is 4.63. The standard InChI is InChI=1S/C16H14N2O5S/c19-13(9-18-14(20)5-6-15(18)21)17-8-10-3-4-12(24-10)16(22)11-2-1-7-23-11/h1-4,7H,5-6,8-9H2,(H,17,19). The van der Waals surface area contributed by atoms with E-state index in [1.54, 1.807) is 24.3 Å². The lowest BCUT2D eigenvalue weighted by Gasteiger charge is -2.12. The number of carbonyl (C=O) groups is 4. The van der Waals surface area contributed by atoms with Crippen LogP contribution in [0.2, 0.25) is 0 Å². The molecule has 124 valence electrons. The van der Waals surface area contributed by atoms with Gasteiger partial charge in [-0.3, -0.25) is 24.1 Å². The number of carbonyl (C=O) groups excluding carboxylic acids is 4. The van der Waals surface area contributed by atoms with Crippen LogP contribution in [0.1, 0.15) is 33.2 Å². The predicted molar refractivity (Wildman–Crippen MR) is 84.3 cm³/mol. The first kappa shape index (κ1) is 16.1. The van der Waals surface area contributed by atoms with Crippen molar-refractivity contribution in [1.29, 1.82) is 0 Å². The SMILES string of the molecule is O=C(CN1C(=O)CCC1=O)NCc1ccc(C(=O)c2ccco2)s1. The zero-order chi connectivity index (χ0) is 17.1. The largest absolute Gasteiger partial charge is 0.461 e. The average Bonchev–Trinajstić information content (AvgIpc) is 3.30. The maximum atomic E-state index is 12.1.